The number of rotatable bonds is 8. The summed E-state index contributed by atoms with van der Waals surface area (Å²) in [5.41, 5.74) is 6.50. The van der Waals surface area contributed by atoms with Gasteiger partial charge in [-0.25, -0.2) is 0 Å². The molecular weight excluding hydrogens is 264 g/mol. The number of benzene rings is 1. The topological polar surface area (TPSA) is 41.7 Å². The minimum atomic E-state index is -2.83. The highest BCUT2D eigenvalue weighted by molar-refractivity contribution is 5.36. The molecule has 20 heavy (non-hydrogen) atoms. The number of hydrogen-bond acceptors (Lipinski definition) is 4. The number of nitrogens with two attached hydrogens (primary N) is 1. The lowest BCUT2D eigenvalue weighted by Gasteiger charge is -2.29. The van der Waals surface area contributed by atoms with Gasteiger partial charge in [-0.3, -0.25) is 4.90 Å². The fraction of sp³-hybridized carbons (Fsp3) is 0.571. The molecule has 1 unspecified atom stereocenters. The number of ether oxygens (including phenoxy) is 1. The van der Waals surface area contributed by atoms with Crippen molar-refractivity contribution in [2.75, 3.05) is 40.8 Å². The van der Waals surface area contributed by atoms with E-state index in [1.807, 2.05) is 26.0 Å². The van der Waals surface area contributed by atoms with Gasteiger partial charge in [0.05, 0.1) is 6.04 Å². The number of nitrogens with zero attached hydrogens (tertiary/aromatic N) is 2. The number of hydrogen-bond donors (Lipinski definition) is 1. The van der Waals surface area contributed by atoms with E-state index in [0.29, 0.717) is 12.1 Å². The lowest BCUT2D eigenvalue weighted by atomic mass is 10.0. The zero-order valence-electron chi connectivity index (χ0n) is 12.2. The van der Waals surface area contributed by atoms with Gasteiger partial charge in [-0.2, -0.15) is 8.78 Å². The molecule has 0 spiro atoms. The van der Waals surface area contributed by atoms with Crippen LogP contribution in [0.4, 0.5) is 8.78 Å². The predicted octanol–water partition coefficient (Wildman–Crippen LogP) is 1.78. The second-order valence-electron chi connectivity index (χ2n) is 4.95. The number of likely N-dealkylation sites (N-methyl/N-ethyl adjacent to an activating group) is 2. The average Bonchev–Trinajstić information content (AvgIpc) is 2.38. The maximum Gasteiger partial charge on any atom is 0.387 e. The summed E-state index contributed by atoms with van der Waals surface area (Å²) < 4.78 is 29.5. The highest BCUT2D eigenvalue weighted by atomic mass is 19.3. The van der Waals surface area contributed by atoms with Crippen LogP contribution in [0.1, 0.15) is 11.6 Å². The fourth-order valence-corrected chi connectivity index (χ4v) is 2.02. The minimum absolute atomic E-state index is 0.148. The zero-order chi connectivity index (χ0) is 15.1. The largest absolute Gasteiger partial charge is 0.434 e. The third-order valence-electron chi connectivity index (χ3n) is 3.15. The van der Waals surface area contributed by atoms with Gasteiger partial charge in [-0.15, -0.1) is 0 Å². The van der Waals surface area contributed by atoms with Crippen LogP contribution in [0.15, 0.2) is 24.3 Å². The molecule has 0 aromatic heterocycles. The van der Waals surface area contributed by atoms with E-state index in [-0.39, 0.29) is 11.8 Å². The quantitative estimate of drug-likeness (QED) is 0.791. The van der Waals surface area contributed by atoms with E-state index in [0.717, 1.165) is 13.1 Å². The Kier molecular flexibility index (Phi) is 6.84. The van der Waals surface area contributed by atoms with E-state index < -0.39 is 6.61 Å². The first kappa shape index (κ1) is 16.8. The molecule has 114 valence electrons. The van der Waals surface area contributed by atoms with Crippen molar-refractivity contribution in [3.63, 3.8) is 0 Å². The highest BCUT2D eigenvalue weighted by Gasteiger charge is 2.20. The summed E-state index contributed by atoms with van der Waals surface area (Å²) in [4.78, 5) is 4.11. The molecule has 0 saturated heterocycles. The van der Waals surface area contributed by atoms with Gasteiger partial charge < -0.3 is 15.4 Å². The Balaban J connectivity index is 2.88. The maximum absolute atomic E-state index is 12.4. The molecule has 4 nitrogen and oxygen atoms in total. The molecule has 1 aromatic carbocycles. The monoisotopic (exact) mass is 287 g/mol. The number of para-hydroxylation sites is 1. The molecule has 0 aliphatic rings. The molecule has 0 heterocycles. The Labute approximate surface area is 119 Å². The normalized spacial score (nSPS) is 13.2. The number of halogens is 2. The molecule has 0 aliphatic heterocycles. The molecule has 1 aromatic rings. The predicted molar refractivity (Wildman–Crippen MR) is 76.1 cm³/mol. The van der Waals surface area contributed by atoms with Crippen LogP contribution in [0.5, 0.6) is 5.75 Å². The van der Waals surface area contributed by atoms with Crippen molar-refractivity contribution in [2.24, 2.45) is 5.73 Å². The molecule has 0 saturated carbocycles. The molecule has 0 aliphatic carbocycles. The standard InChI is InChI=1S/C14H23F2N3O/c1-18(2)8-9-19(3)12(10-17)11-6-4-5-7-13(11)20-14(15)16/h4-7,12,14H,8-10,17H2,1-3H3. The van der Waals surface area contributed by atoms with E-state index in [9.17, 15) is 8.78 Å². The van der Waals surface area contributed by atoms with Crippen molar-refractivity contribution in [2.45, 2.75) is 12.7 Å². The van der Waals surface area contributed by atoms with E-state index in [1.54, 1.807) is 24.3 Å². The van der Waals surface area contributed by atoms with Crippen molar-refractivity contribution in [3.05, 3.63) is 29.8 Å². The van der Waals surface area contributed by atoms with Crippen LogP contribution in [0.3, 0.4) is 0 Å². The van der Waals surface area contributed by atoms with Crippen molar-refractivity contribution >= 4 is 0 Å². The van der Waals surface area contributed by atoms with Crippen molar-refractivity contribution in [3.8, 4) is 5.75 Å². The lowest BCUT2D eigenvalue weighted by molar-refractivity contribution is -0.0511. The van der Waals surface area contributed by atoms with E-state index in [1.165, 1.54) is 0 Å². The van der Waals surface area contributed by atoms with E-state index in [2.05, 4.69) is 9.64 Å². The molecule has 0 bridgehead atoms. The van der Waals surface area contributed by atoms with E-state index >= 15 is 0 Å². The van der Waals surface area contributed by atoms with Gasteiger partial charge in [0.15, 0.2) is 0 Å². The van der Waals surface area contributed by atoms with Gasteiger partial charge >= 0.3 is 6.61 Å². The summed E-state index contributed by atoms with van der Waals surface area (Å²) in [6.45, 7) is -0.835. The number of alkyl halides is 2. The molecule has 1 rings (SSSR count). The highest BCUT2D eigenvalue weighted by Crippen LogP contribution is 2.29. The molecule has 0 radical (unpaired) electrons. The van der Waals surface area contributed by atoms with Gasteiger partial charge in [0.25, 0.3) is 0 Å². The van der Waals surface area contributed by atoms with Crippen LogP contribution in [0, 0.1) is 0 Å². The van der Waals surface area contributed by atoms with Crippen LogP contribution in [0.2, 0.25) is 0 Å². The van der Waals surface area contributed by atoms with Gasteiger partial charge in [0.1, 0.15) is 5.75 Å². The fourth-order valence-electron chi connectivity index (χ4n) is 2.02. The molecule has 1 atom stereocenters. The first-order chi connectivity index (χ1) is 9.45. The Bertz CT molecular complexity index is 402. The Morgan fingerprint density at radius 2 is 1.80 bits per heavy atom. The second kappa shape index (κ2) is 8.14. The lowest BCUT2D eigenvalue weighted by Crippen LogP contribution is -2.35. The second-order valence-corrected chi connectivity index (χ2v) is 4.95. The van der Waals surface area contributed by atoms with Gasteiger partial charge in [-0.1, -0.05) is 18.2 Å². The van der Waals surface area contributed by atoms with Crippen LogP contribution in [0.25, 0.3) is 0 Å². The SMILES string of the molecule is CN(C)CCN(C)C(CN)c1ccccc1OC(F)F. The Morgan fingerprint density at radius 1 is 1.15 bits per heavy atom. The van der Waals surface area contributed by atoms with Gasteiger partial charge in [0.2, 0.25) is 0 Å². The summed E-state index contributed by atoms with van der Waals surface area (Å²) in [7, 11) is 5.90. The Hall–Kier alpha value is -1.24. The van der Waals surface area contributed by atoms with Crippen LogP contribution >= 0.6 is 0 Å². The zero-order valence-corrected chi connectivity index (χ0v) is 12.2. The van der Waals surface area contributed by atoms with Crippen molar-refractivity contribution in [1.82, 2.24) is 9.80 Å². The molecule has 0 fully saturated rings. The van der Waals surface area contributed by atoms with Crippen LogP contribution in [-0.2, 0) is 0 Å². The van der Waals surface area contributed by atoms with Crippen molar-refractivity contribution in [1.29, 1.82) is 0 Å². The van der Waals surface area contributed by atoms with Gasteiger partial charge in [-0.05, 0) is 27.2 Å². The van der Waals surface area contributed by atoms with E-state index in [4.69, 9.17) is 5.73 Å². The molecule has 6 heteroatoms. The van der Waals surface area contributed by atoms with Crippen LogP contribution in [-0.4, -0.2) is 57.2 Å². The Morgan fingerprint density at radius 3 is 2.35 bits per heavy atom. The first-order valence-corrected chi connectivity index (χ1v) is 6.54. The summed E-state index contributed by atoms with van der Waals surface area (Å²) >= 11 is 0. The summed E-state index contributed by atoms with van der Waals surface area (Å²) in [5.74, 6) is 0.189. The average molecular weight is 287 g/mol. The smallest absolute Gasteiger partial charge is 0.387 e. The minimum Gasteiger partial charge on any atom is -0.434 e. The summed E-state index contributed by atoms with van der Waals surface area (Å²) in [5, 5.41) is 0. The summed E-state index contributed by atoms with van der Waals surface area (Å²) in [6, 6.07) is 6.65. The molecule has 0 amide bonds. The van der Waals surface area contributed by atoms with Crippen molar-refractivity contribution < 1.29 is 13.5 Å². The summed E-state index contributed by atoms with van der Waals surface area (Å²) in [6.07, 6.45) is 0. The third-order valence-corrected chi connectivity index (χ3v) is 3.15. The third kappa shape index (κ3) is 5.03. The molecule has 2 N–H and O–H groups in total. The first-order valence-electron chi connectivity index (χ1n) is 6.54. The molecular formula is C14H23F2N3O. The van der Waals surface area contributed by atoms with Crippen LogP contribution < -0.4 is 10.5 Å². The maximum atomic E-state index is 12.4. The van der Waals surface area contributed by atoms with Gasteiger partial charge in [0, 0.05) is 25.2 Å².